The second-order valence-corrected chi connectivity index (χ2v) is 3.68. The van der Waals surface area contributed by atoms with Crippen molar-refractivity contribution >= 4 is 27.2 Å². The maximum absolute atomic E-state index is 7.50. The molecule has 0 saturated heterocycles. The van der Waals surface area contributed by atoms with Crippen molar-refractivity contribution in [1.82, 2.24) is 0 Å². The normalized spacial score (nSPS) is 9.93. The van der Waals surface area contributed by atoms with Gasteiger partial charge in [-0.3, -0.25) is 19.2 Å². The molecule has 0 spiro atoms. The van der Waals surface area contributed by atoms with Crippen molar-refractivity contribution < 1.29 is 40.2 Å². The first-order chi connectivity index (χ1) is 7.30. The van der Waals surface area contributed by atoms with E-state index in [0.29, 0.717) is 0 Å². The van der Waals surface area contributed by atoms with Gasteiger partial charge in [0, 0.05) is 0 Å². The van der Waals surface area contributed by atoms with Crippen LogP contribution in [0.25, 0.3) is 0 Å². The quantitative estimate of drug-likeness (QED) is 0.609. The average Bonchev–Trinajstić information content (AvgIpc) is 2.74. The van der Waals surface area contributed by atoms with E-state index in [1.54, 1.807) is 3.79 Å². The van der Waals surface area contributed by atoms with Crippen LogP contribution in [0.5, 0.6) is 0 Å². The molecular formula is C10H7O4Ta. The molecule has 4 nitrogen and oxygen atoms in total. The van der Waals surface area contributed by atoms with E-state index in [2.05, 4.69) is 46.2 Å². The van der Waals surface area contributed by atoms with Gasteiger partial charge < -0.3 is 0 Å². The topological polar surface area (TPSA) is 68.3 Å². The van der Waals surface area contributed by atoms with Gasteiger partial charge in [0.15, 0.2) is 0 Å². The van der Waals surface area contributed by atoms with Crippen molar-refractivity contribution in [3.05, 3.63) is 21.5 Å². The Hall–Kier alpha value is -1.10. The minimum atomic E-state index is 1.22. The first-order valence-electron chi connectivity index (χ1n) is 3.17. The number of hydrogen-bond acceptors (Lipinski definition) is 4. The molecule has 0 aromatic rings. The third-order valence-corrected chi connectivity index (χ3v) is 3.06. The predicted octanol–water partition coefficient (Wildman–Crippen LogP) is 0.179. The van der Waals surface area contributed by atoms with Crippen LogP contribution in [-0.2, 0) is 40.2 Å². The fourth-order valence-electron chi connectivity index (χ4n) is 0.605. The smallest absolute Gasteiger partial charge is 0.281 e. The fourth-order valence-corrected chi connectivity index (χ4v) is 1.25. The van der Waals surface area contributed by atoms with Gasteiger partial charge in [-0.05, 0) is 0 Å². The zero-order valence-electron chi connectivity index (χ0n) is 7.94. The first-order valence-corrected chi connectivity index (χ1v) is 4.78. The van der Waals surface area contributed by atoms with Gasteiger partial charge in [-0.1, -0.05) is 0 Å². The van der Waals surface area contributed by atoms with Gasteiger partial charge in [-0.25, -0.2) is 0 Å². The third-order valence-electron chi connectivity index (χ3n) is 1.13. The molecule has 0 N–H and O–H groups in total. The molecule has 0 heterocycles. The molecule has 0 atom stereocenters. The molecule has 76 valence electrons. The van der Waals surface area contributed by atoms with Crippen molar-refractivity contribution in [2.45, 2.75) is 13.3 Å². The zero-order valence-corrected chi connectivity index (χ0v) is 11.2. The van der Waals surface area contributed by atoms with Crippen molar-refractivity contribution in [2.75, 3.05) is 0 Å². The van der Waals surface area contributed by atoms with Gasteiger partial charge in [-0.2, -0.15) is 0 Å². The summed E-state index contributed by atoms with van der Waals surface area (Å²) in [5.41, 5.74) is 1.49. The SMILES string of the molecule is CC1=[C]([Ta])CC=C1.[C]=O.[C]=O.[C]=O.[C]=O. The maximum atomic E-state index is 7.50. The summed E-state index contributed by atoms with van der Waals surface area (Å²) in [6.07, 6.45) is 5.65. The summed E-state index contributed by atoms with van der Waals surface area (Å²) < 4.78 is 1.63. The van der Waals surface area contributed by atoms with Crippen LogP contribution in [0, 0.1) is 0 Å². The van der Waals surface area contributed by atoms with E-state index in [0.717, 1.165) is 0 Å². The summed E-state index contributed by atoms with van der Waals surface area (Å²) in [5.74, 6) is 0. The minimum Gasteiger partial charge on any atom is -0.281 e. The van der Waals surface area contributed by atoms with E-state index in [-0.39, 0.29) is 0 Å². The Bertz CT molecular complexity index is 182. The van der Waals surface area contributed by atoms with E-state index in [4.69, 9.17) is 19.2 Å². The van der Waals surface area contributed by atoms with Gasteiger partial charge in [0.05, 0.1) is 0 Å². The molecule has 0 unspecified atom stereocenters. The molecule has 0 fully saturated rings. The molecule has 15 heavy (non-hydrogen) atoms. The Morgan fingerprint density at radius 3 is 1.40 bits per heavy atom. The van der Waals surface area contributed by atoms with E-state index in [9.17, 15) is 0 Å². The average molecular weight is 372 g/mol. The van der Waals surface area contributed by atoms with Crippen LogP contribution in [0.3, 0.4) is 0 Å². The van der Waals surface area contributed by atoms with Crippen LogP contribution in [0.1, 0.15) is 13.3 Å². The van der Waals surface area contributed by atoms with Gasteiger partial charge in [0.25, 0.3) is 27.2 Å². The first kappa shape index (κ1) is 23.6. The van der Waals surface area contributed by atoms with Crippen molar-refractivity contribution in [3.8, 4) is 0 Å². The molecular weight excluding hydrogens is 365 g/mol. The van der Waals surface area contributed by atoms with Crippen LogP contribution in [-0.4, -0.2) is 27.2 Å². The van der Waals surface area contributed by atoms with E-state index in [1.807, 2.05) is 0 Å². The summed E-state index contributed by atoms with van der Waals surface area (Å²) in [7, 11) is 0. The zero-order chi connectivity index (χ0) is 13.3. The fraction of sp³-hybridized carbons (Fsp3) is 0.200. The molecule has 5 heteroatoms. The Morgan fingerprint density at radius 2 is 1.33 bits per heavy atom. The van der Waals surface area contributed by atoms with Crippen LogP contribution >= 0.6 is 0 Å². The number of rotatable bonds is 0. The molecule has 0 bridgehead atoms. The summed E-state index contributed by atoms with van der Waals surface area (Å²) >= 11 is 1.44. The second-order valence-electron chi connectivity index (χ2n) is 1.74. The summed E-state index contributed by atoms with van der Waals surface area (Å²) in [6.45, 7) is 20.2. The number of allylic oxidation sites excluding steroid dienone is 4. The van der Waals surface area contributed by atoms with Gasteiger partial charge in [-0.15, -0.1) is 0 Å². The number of hydrogen-bond donors (Lipinski definition) is 0. The molecule has 1 aliphatic carbocycles. The van der Waals surface area contributed by atoms with Crippen LogP contribution < -0.4 is 0 Å². The van der Waals surface area contributed by atoms with Gasteiger partial charge in [0.2, 0.25) is 0 Å². The Kier molecular flexibility index (Phi) is 46.1. The van der Waals surface area contributed by atoms with Crippen LogP contribution in [0.4, 0.5) is 0 Å². The number of carbonyl (C=O) groups excluding carboxylic acids is 4. The third kappa shape index (κ3) is 19.3. The second kappa shape index (κ2) is 29.3. The Balaban J connectivity index is -0.0000000650. The van der Waals surface area contributed by atoms with Crippen molar-refractivity contribution in [3.63, 3.8) is 0 Å². The summed E-state index contributed by atoms with van der Waals surface area (Å²) in [5, 5.41) is 0. The molecule has 0 aromatic heterocycles. The monoisotopic (exact) mass is 372 g/mol. The molecule has 0 saturated carbocycles. The standard InChI is InChI=1S/C6H7.4CO.Ta/c1-6-4-2-3-5-6;4*1-2;/h2,4H,3H2,1H3;;;;;. The largest absolute Gasteiger partial charge is 0.281 e. The van der Waals surface area contributed by atoms with Crippen LogP contribution in [0.2, 0.25) is 0 Å². The van der Waals surface area contributed by atoms with Crippen molar-refractivity contribution in [1.29, 1.82) is 0 Å². The van der Waals surface area contributed by atoms with E-state index < -0.39 is 0 Å². The molecule has 0 amide bonds. The van der Waals surface area contributed by atoms with Crippen molar-refractivity contribution in [2.24, 2.45) is 0 Å². The summed E-state index contributed by atoms with van der Waals surface area (Å²) in [4.78, 5) is 30.0. The maximum Gasteiger partial charge on any atom is 0.281 e. The summed E-state index contributed by atoms with van der Waals surface area (Å²) in [6, 6.07) is 0. The molecule has 1 aliphatic rings. The molecule has 8 radical (unpaired) electrons. The molecule has 0 aliphatic heterocycles. The molecule has 0 aromatic carbocycles. The Labute approximate surface area is 102 Å². The predicted molar refractivity (Wildman–Crippen MR) is 49.2 cm³/mol. The minimum absolute atomic E-state index is 1.22. The van der Waals surface area contributed by atoms with Gasteiger partial charge >= 0.3 is 55.9 Å². The van der Waals surface area contributed by atoms with E-state index >= 15 is 0 Å². The van der Waals surface area contributed by atoms with E-state index in [1.165, 1.54) is 33.1 Å². The van der Waals surface area contributed by atoms with Gasteiger partial charge in [0.1, 0.15) is 0 Å². The van der Waals surface area contributed by atoms with Crippen LogP contribution in [0.15, 0.2) is 21.5 Å². The Morgan fingerprint density at radius 1 is 1.00 bits per heavy atom. The molecule has 1 rings (SSSR count).